The van der Waals surface area contributed by atoms with Gasteiger partial charge >= 0.3 is 0 Å². The van der Waals surface area contributed by atoms with Crippen LogP contribution in [0.5, 0.6) is 0 Å². The van der Waals surface area contributed by atoms with Gasteiger partial charge in [0, 0.05) is 5.69 Å². The summed E-state index contributed by atoms with van der Waals surface area (Å²) in [4.78, 5) is 17.0. The third-order valence-corrected chi connectivity index (χ3v) is 6.64. The van der Waals surface area contributed by atoms with E-state index in [0.717, 1.165) is 11.1 Å². The monoisotopic (exact) mass is 454 g/mol. The Morgan fingerprint density at radius 3 is 2.55 bits per heavy atom. The fourth-order valence-corrected chi connectivity index (χ4v) is 4.36. The summed E-state index contributed by atoms with van der Waals surface area (Å²) in [5.74, 6) is -0.559. The number of hydrogen-bond donors (Lipinski definition) is 2. The summed E-state index contributed by atoms with van der Waals surface area (Å²) in [5.41, 5.74) is 6.58. The second-order valence-electron chi connectivity index (χ2n) is 7.09. The molecule has 0 saturated heterocycles. The maximum absolute atomic E-state index is 12.9. The average molecular weight is 455 g/mol. The number of carbonyl (C=O) groups is 1. The highest BCUT2D eigenvalue weighted by molar-refractivity contribution is 7.92. The Labute approximate surface area is 184 Å². The Morgan fingerprint density at radius 1 is 1.00 bits per heavy atom. The zero-order valence-corrected chi connectivity index (χ0v) is 18.3. The van der Waals surface area contributed by atoms with Gasteiger partial charge in [-0.1, -0.05) is 29.8 Å². The summed E-state index contributed by atoms with van der Waals surface area (Å²) < 4.78 is 29.8. The number of benzene rings is 3. The van der Waals surface area contributed by atoms with Crippen LogP contribution in [0.4, 0.5) is 5.69 Å². The van der Waals surface area contributed by atoms with Crippen LogP contribution in [0.15, 0.2) is 71.9 Å². The maximum atomic E-state index is 12.9. The molecule has 1 aromatic heterocycles. The van der Waals surface area contributed by atoms with Crippen molar-refractivity contribution in [3.05, 3.63) is 88.7 Å². The van der Waals surface area contributed by atoms with Crippen molar-refractivity contribution >= 4 is 44.3 Å². The Bertz CT molecular complexity index is 1410. The van der Waals surface area contributed by atoms with E-state index in [1.54, 1.807) is 18.2 Å². The first-order valence-corrected chi connectivity index (χ1v) is 11.2. The van der Waals surface area contributed by atoms with Gasteiger partial charge in [0.15, 0.2) is 0 Å². The minimum Gasteiger partial charge on any atom is -0.280 e. The number of anilines is 1. The molecule has 0 radical (unpaired) electrons. The highest BCUT2D eigenvalue weighted by Crippen LogP contribution is 2.24. The van der Waals surface area contributed by atoms with E-state index in [4.69, 9.17) is 11.6 Å². The van der Waals surface area contributed by atoms with Crippen LogP contribution in [-0.2, 0) is 10.0 Å². The van der Waals surface area contributed by atoms with E-state index in [1.807, 2.05) is 38.1 Å². The smallest absolute Gasteiger partial charge is 0.271 e. The van der Waals surface area contributed by atoms with Crippen LogP contribution in [0, 0.1) is 13.8 Å². The molecule has 31 heavy (non-hydrogen) atoms. The third-order valence-electron chi connectivity index (χ3n) is 4.93. The molecular weight excluding hydrogens is 436 g/mol. The fourth-order valence-electron chi connectivity index (χ4n) is 3.08. The van der Waals surface area contributed by atoms with Gasteiger partial charge in [0.2, 0.25) is 0 Å². The first kappa shape index (κ1) is 20.9. The van der Waals surface area contributed by atoms with Gasteiger partial charge in [-0.3, -0.25) is 14.9 Å². The van der Waals surface area contributed by atoms with Crippen molar-refractivity contribution in [2.75, 3.05) is 10.1 Å². The minimum atomic E-state index is -3.92. The number of rotatable bonds is 5. The number of nitrogens with one attached hydrogen (secondary N) is 2. The summed E-state index contributed by atoms with van der Waals surface area (Å²) in [6.45, 7) is 3.85. The number of fused-ring (bicyclic) bond motifs is 1. The molecule has 0 saturated carbocycles. The number of para-hydroxylation sites is 2. The molecule has 0 aliphatic carbocycles. The molecule has 0 bridgehead atoms. The van der Waals surface area contributed by atoms with Crippen molar-refractivity contribution < 1.29 is 13.2 Å². The van der Waals surface area contributed by atoms with E-state index in [9.17, 15) is 13.2 Å². The molecule has 2 N–H and O–H groups in total. The van der Waals surface area contributed by atoms with Crippen molar-refractivity contribution in [3.63, 3.8) is 0 Å². The van der Waals surface area contributed by atoms with E-state index in [-0.39, 0.29) is 15.5 Å². The highest BCUT2D eigenvalue weighted by Gasteiger charge is 2.20. The molecule has 7 nitrogen and oxygen atoms in total. The molecule has 1 amide bonds. The SMILES string of the molecule is Cc1ccc(NS(=O)(=O)c2ccc(Cl)c(C(=O)Nn3cnc4ccccc43)c2)cc1C. The van der Waals surface area contributed by atoms with Gasteiger partial charge in [-0.05, 0) is 67.4 Å². The number of hydrogen-bond acceptors (Lipinski definition) is 4. The van der Waals surface area contributed by atoms with Crippen molar-refractivity contribution in [2.24, 2.45) is 0 Å². The Balaban J connectivity index is 1.62. The topological polar surface area (TPSA) is 93.1 Å². The number of amides is 1. The fraction of sp³-hybridized carbons (Fsp3) is 0.0909. The van der Waals surface area contributed by atoms with Gasteiger partial charge in [-0.2, -0.15) is 0 Å². The standard InChI is InChI=1S/C22H19ClN4O3S/c1-14-7-8-16(11-15(14)2)26-31(29,30)17-9-10-19(23)18(12-17)22(28)25-27-13-24-20-5-3-4-6-21(20)27/h3-13,26H,1-2H3,(H,25,28). The maximum Gasteiger partial charge on any atom is 0.271 e. The molecule has 0 unspecified atom stereocenters. The van der Waals surface area contributed by atoms with Crippen LogP contribution in [0.3, 0.4) is 0 Å². The molecule has 1 heterocycles. The second-order valence-corrected chi connectivity index (χ2v) is 9.18. The molecule has 158 valence electrons. The molecular formula is C22H19ClN4O3S. The highest BCUT2D eigenvalue weighted by atomic mass is 35.5. The van der Waals surface area contributed by atoms with Crippen LogP contribution in [-0.4, -0.2) is 24.0 Å². The van der Waals surface area contributed by atoms with Crippen molar-refractivity contribution in [1.82, 2.24) is 9.66 Å². The molecule has 0 aliphatic rings. The van der Waals surface area contributed by atoms with Gasteiger partial charge in [-0.25, -0.2) is 18.1 Å². The van der Waals surface area contributed by atoms with Gasteiger partial charge < -0.3 is 0 Å². The number of sulfonamides is 1. The Morgan fingerprint density at radius 2 is 1.77 bits per heavy atom. The van der Waals surface area contributed by atoms with Gasteiger partial charge in [0.25, 0.3) is 15.9 Å². The van der Waals surface area contributed by atoms with Crippen LogP contribution >= 0.6 is 11.6 Å². The quantitative estimate of drug-likeness (QED) is 0.464. The van der Waals surface area contributed by atoms with Gasteiger partial charge in [0.05, 0.1) is 26.5 Å². The summed E-state index contributed by atoms with van der Waals surface area (Å²) in [7, 11) is -3.92. The van der Waals surface area contributed by atoms with Crippen LogP contribution in [0.25, 0.3) is 11.0 Å². The van der Waals surface area contributed by atoms with Crippen LogP contribution < -0.4 is 10.1 Å². The number of aryl methyl sites for hydroxylation is 2. The normalized spacial score (nSPS) is 11.5. The number of nitrogens with zero attached hydrogens (tertiary/aromatic N) is 2. The number of carbonyl (C=O) groups excluding carboxylic acids is 1. The molecule has 0 aliphatic heterocycles. The number of halogens is 1. The molecule has 3 aromatic carbocycles. The van der Waals surface area contributed by atoms with Crippen molar-refractivity contribution in [1.29, 1.82) is 0 Å². The molecule has 0 fully saturated rings. The van der Waals surface area contributed by atoms with Crippen LogP contribution in [0.1, 0.15) is 21.5 Å². The van der Waals surface area contributed by atoms with E-state index in [0.29, 0.717) is 16.7 Å². The summed E-state index contributed by atoms with van der Waals surface area (Å²) in [6.07, 6.45) is 1.47. The lowest BCUT2D eigenvalue weighted by molar-refractivity contribution is 0.101. The summed E-state index contributed by atoms with van der Waals surface area (Å²) >= 11 is 6.20. The Kier molecular flexibility index (Phi) is 5.43. The lowest BCUT2D eigenvalue weighted by Crippen LogP contribution is -2.23. The third kappa shape index (κ3) is 4.26. The van der Waals surface area contributed by atoms with E-state index in [2.05, 4.69) is 15.1 Å². The molecule has 4 rings (SSSR count). The zero-order chi connectivity index (χ0) is 22.2. The Hall–Kier alpha value is -3.36. The van der Waals surface area contributed by atoms with Gasteiger partial charge in [0.1, 0.15) is 6.33 Å². The van der Waals surface area contributed by atoms with Crippen molar-refractivity contribution in [2.45, 2.75) is 18.7 Å². The van der Waals surface area contributed by atoms with Crippen LogP contribution in [0.2, 0.25) is 5.02 Å². The van der Waals surface area contributed by atoms with E-state index in [1.165, 1.54) is 29.2 Å². The predicted octanol–water partition coefficient (Wildman–Crippen LogP) is 4.49. The molecule has 9 heteroatoms. The minimum absolute atomic E-state index is 0.0300. The van der Waals surface area contributed by atoms with Gasteiger partial charge in [-0.15, -0.1) is 0 Å². The summed E-state index contributed by atoms with van der Waals surface area (Å²) in [6, 6.07) is 16.6. The average Bonchev–Trinajstić information content (AvgIpc) is 3.13. The predicted molar refractivity (Wildman–Crippen MR) is 122 cm³/mol. The summed E-state index contributed by atoms with van der Waals surface area (Å²) in [5, 5.41) is 0.132. The number of aromatic nitrogens is 2. The lowest BCUT2D eigenvalue weighted by Gasteiger charge is -2.12. The lowest BCUT2D eigenvalue weighted by atomic mass is 10.1. The van der Waals surface area contributed by atoms with Crippen molar-refractivity contribution in [3.8, 4) is 0 Å². The molecule has 0 spiro atoms. The van der Waals surface area contributed by atoms with E-state index >= 15 is 0 Å². The number of imidazole rings is 1. The molecule has 0 atom stereocenters. The second kappa shape index (κ2) is 8.05. The largest absolute Gasteiger partial charge is 0.280 e. The zero-order valence-electron chi connectivity index (χ0n) is 16.8. The first-order valence-electron chi connectivity index (χ1n) is 9.38. The first-order chi connectivity index (χ1) is 14.7. The molecule has 4 aromatic rings. The van der Waals surface area contributed by atoms with E-state index < -0.39 is 15.9 Å².